The number of H-pyrrole nitrogens is 1. The zero-order valence-electron chi connectivity index (χ0n) is 14.2. The highest BCUT2D eigenvalue weighted by atomic mass is 16.4. The van der Waals surface area contributed by atoms with Crippen molar-refractivity contribution >= 4 is 22.8 Å². The van der Waals surface area contributed by atoms with E-state index in [1.165, 1.54) is 0 Å². The van der Waals surface area contributed by atoms with E-state index in [0.29, 0.717) is 44.5 Å². The second-order valence-corrected chi connectivity index (χ2v) is 6.24. The van der Waals surface area contributed by atoms with Crippen LogP contribution in [0.3, 0.4) is 0 Å². The van der Waals surface area contributed by atoms with E-state index in [9.17, 15) is 4.79 Å². The van der Waals surface area contributed by atoms with Gasteiger partial charge in [-0.2, -0.15) is 0 Å². The third-order valence-corrected chi connectivity index (χ3v) is 4.68. The molecule has 1 aliphatic rings. The average molecular weight is 339 g/mol. The van der Waals surface area contributed by atoms with Crippen molar-refractivity contribution in [1.29, 1.82) is 0 Å². The molecule has 7 heteroatoms. The number of fused-ring (bicyclic) bond motifs is 1. The fourth-order valence-electron chi connectivity index (χ4n) is 3.22. The number of para-hydroxylation sites is 1. The Bertz CT molecular complexity index is 876. The summed E-state index contributed by atoms with van der Waals surface area (Å²) in [6.45, 7) is 4.75. The monoisotopic (exact) mass is 339 g/mol. The van der Waals surface area contributed by atoms with Gasteiger partial charge in [0, 0.05) is 49.7 Å². The maximum absolute atomic E-state index is 12.6. The molecule has 0 saturated carbocycles. The lowest BCUT2D eigenvalue weighted by molar-refractivity contribution is -0.130. The Balaban J connectivity index is 1.38. The SMILES string of the molecule is CCc1nnc(N2CCN(C(=O)Cc3c[nH]c4ccccc34)CC2)o1. The van der Waals surface area contributed by atoms with Crippen molar-refractivity contribution in [2.24, 2.45) is 0 Å². The largest absolute Gasteiger partial charge is 0.408 e. The van der Waals surface area contributed by atoms with Crippen LogP contribution in [0.5, 0.6) is 0 Å². The molecular weight excluding hydrogens is 318 g/mol. The summed E-state index contributed by atoms with van der Waals surface area (Å²) in [5.74, 6) is 0.803. The Morgan fingerprint density at radius 3 is 2.76 bits per heavy atom. The van der Waals surface area contributed by atoms with Crippen molar-refractivity contribution in [1.82, 2.24) is 20.1 Å². The first kappa shape index (κ1) is 15.7. The predicted octanol–water partition coefficient (Wildman–Crippen LogP) is 2.00. The van der Waals surface area contributed by atoms with Crippen LogP contribution in [0.2, 0.25) is 0 Å². The molecule has 3 heterocycles. The van der Waals surface area contributed by atoms with Crippen molar-refractivity contribution < 1.29 is 9.21 Å². The second kappa shape index (κ2) is 6.58. The number of aromatic nitrogens is 3. The van der Waals surface area contributed by atoms with Crippen molar-refractivity contribution in [2.45, 2.75) is 19.8 Å². The Hall–Kier alpha value is -2.83. The molecule has 1 aromatic carbocycles. The Kier molecular flexibility index (Phi) is 4.13. The third-order valence-electron chi connectivity index (χ3n) is 4.68. The summed E-state index contributed by atoms with van der Waals surface area (Å²) in [6.07, 6.45) is 3.09. The molecule has 1 amide bonds. The number of carbonyl (C=O) groups is 1. The number of anilines is 1. The van der Waals surface area contributed by atoms with Crippen LogP contribution >= 0.6 is 0 Å². The van der Waals surface area contributed by atoms with Crippen LogP contribution in [0.25, 0.3) is 10.9 Å². The molecule has 130 valence electrons. The number of nitrogens with one attached hydrogen (secondary N) is 1. The molecule has 25 heavy (non-hydrogen) atoms. The first-order valence-electron chi connectivity index (χ1n) is 8.64. The highest BCUT2D eigenvalue weighted by Crippen LogP contribution is 2.20. The van der Waals surface area contributed by atoms with Gasteiger partial charge in [0.1, 0.15) is 0 Å². The summed E-state index contributed by atoms with van der Waals surface area (Å²) in [4.78, 5) is 19.8. The summed E-state index contributed by atoms with van der Waals surface area (Å²) in [5.41, 5.74) is 2.12. The Morgan fingerprint density at radius 1 is 1.20 bits per heavy atom. The zero-order chi connectivity index (χ0) is 17.2. The van der Waals surface area contributed by atoms with E-state index in [-0.39, 0.29) is 5.91 Å². The van der Waals surface area contributed by atoms with Crippen LogP contribution in [-0.4, -0.2) is 52.2 Å². The molecule has 0 unspecified atom stereocenters. The summed E-state index contributed by atoms with van der Waals surface area (Å²) in [6, 6.07) is 8.62. The van der Waals surface area contributed by atoms with Gasteiger partial charge in [0.25, 0.3) is 0 Å². The van der Waals surface area contributed by atoms with Crippen molar-refractivity contribution in [3.05, 3.63) is 41.9 Å². The van der Waals surface area contributed by atoms with Gasteiger partial charge in [-0.25, -0.2) is 0 Å². The first-order valence-corrected chi connectivity index (χ1v) is 8.64. The van der Waals surface area contributed by atoms with E-state index in [0.717, 1.165) is 22.9 Å². The number of aryl methyl sites for hydroxylation is 1. The summed E-state index contributed by atoms with van der Waals surface area (Å²) in [5, 5.41) is 9.20. The number of benzene rings is 1. The van der Waals surface area contributed by atoms with Gasteiger partial charge in [-0.15, -0.1) is 5.10 Å². The van der Waals surface area contributed by atoms with Crippen molar-refractivity contribution in [3.63, 3.8) is 0 Å². The molecule has 0 aliphatic carbocycles. The number of aromatic amines is 1. The van der Waals surface area contributed by atoms with Gasteiger partial charge in [-0.1, -0.05) is 30.2 Å². The fourth-order valence-corrected chi connectivity index (χ4v) is 3.22. The minimum atomic E-state index is 0.157. The molecule has 3 aromatic rings. The number of piperazine rings is 1. The average Bonchev–Trinajstić information content (AvgIpc) is 3.29. The number of amides is 1. The minimum absolute atomic E-state index is 0.157. The van der Waals surface area contributed by atoms with Gasteiger partial charge in [-0.3, -0.25) is 4.79 Å². The van der Waals surface area contributed by atoms with E-state index in [1.807, 2.05) is 47.2 Å². The molecule has 1 N–H and O–H groups in total. The highest BCUT2D eigenvalue weighted by Gasteiger charge is 2.24. The molecule has 0 spiro atoms. The molecule has 2 aromatic heterocycles. The van der Waals surface area contributed by atoms with Crippen LogP contribution in [-0.2, 0) is 17.6 Å². The lowest BCUT2D eigenvalue weighted by atomic mass is 10.1. The van der Waals surface area contributed by atoms with Gasteiger partial charge in [0.15, 0.2) is 0 Å². The molecule has 1 aliphatic heterocycles. The highest BCUT2D eigenvalue weighted by molar-refractivity contribution is 5.89. The number of hydrogen-bond donors (Lipinski definition) is 1. The molecule has 4 rings (SSSR count). The smallest absolute Gasteiger partial charge is 0.318 e. The lowest BCUT2D eigenvalue weighted by Crippen LogP contribution is -2.49. The van der Waals surface area contributed by atoms with Crippen LogP contribution < -0.4 is 4.90 Å². The molecule has 0 bridgehead atoms. The van der Waals surface area contributed by atoms with Gasteiger partial charge in [-0.05, 0) is 11.6 Å². The predicted molar refractivity (Wildman–Crippen MR) is 94.5 cm³/mol. The topological polar surface area (TPSA) is 78.3 Å². The minimum Gasteiger partial charge on any atom is -0.408 e. The van der Waals surface area contributed by atoms with E-state index in [2.05, 4.69) is 15.2 Å². The van der Waals surface area contributed by atoms with Gasteiger partial charge < -0.3 is 19.2 Å². The van der Waals surface area contributed by atoms with E-state index < -0.39 is 0 Å². The normalized spacial score (nSPS) is 15.1. The summed E-state index contributed by atoms with van der Waals surface area (Å²) < 4.78 is 5.60. The third kappa shape index (κ3) is 3.09. The van der Waals surface area contributed by atoms with Gasteiger partial charge >= 0.3 is 6.01 Å². The standard InChI is InChI=1S/C18H21N5O2/c1-2-16-20-21-18(25-16)23-9-7-22(8-10-23)17(24)11-13-12-19-15-6-4-3-5-14(13)15/h3-6,12,19H,2,7-11H2,1H3. The maximum Gasteiger partial charge on any atom is 0.318 e. The first-order chi connectivity index (χ1) is 12.2. The summed E-state index contributed by atoms with van der Waals surface area (Å²) >= 11 is 0. The van der Waals surface area contributed by atoms with Crippen molar-refractivity contribution in [3.8, 4) is 0 Å². The van der Waals surface area contributed by atoms with Crippen LogP contribution in [0.4, 0.5) is 6.01 Å². The molecule has 1 saturated heterocycles. The van der Waals surface area contributed by atoms with Crippen LogP contribution in [0, 0.1) is 0 Å². The number of nitrogens with zero attached hydrogens (tertiary/aromatic N) is 4. The quantitative estimate of drug-likeness (QED) is 0.787. The van der Waals surface area contributed by atoms with Crippen LogP contribution in [0.1, 0.15) is 18.4 Å². The number of carbonyl (C=O) groups excluding carboxylic acids is 1. The maximum atomic E-state index is 12.6. The lowest BCUT2D eigenvalue weighted by Gasteiger charge is -2.33. The number of rotatable bonds is 4. The second-order valence-electron chi connectivity index (χ2n) is 6.24. The van der Waals surface area contributed by atoms with E-state index in [1.54, 1.807) is 0 Å². The number of hydrogen-bond acceptors (Lipinski definition) is 5. The fraction of sp³-hybridized carbons (Fsp3) is 0.389. The zero-order valence-corrected chi connectivity index (χ0v) is 14.2. The Labute approximate surface area is 145 Å². The van der Waals surface area contributed by atoms with Crippen LogP contribution in [0.15, 0.2) is 34.9 Å². The van der Waals surface area contributed by atoms with E-state index >= 15 is 0 Å². The summed E-state index contributed by atoms with van der Waals surface area (Å²) in [7, 11) is 0. The van der Waals surface area contributed by atoms with Gasteiger partial charge in [0.2, 0.25) is 11.8 Å². The van der Waals surface area contributed by atoms with Gasteiger partial charge in [0.05, 0.1) is 6.42 Å². The molecule has 1 fully saturated rings. The van der Waals surface area contributed by atoms with Crippen molar-refractivity contribution in [2.75, 3.05) is 31.1 Å². The Morgan fingerprint density at radius 2 is 2.00 bits per heavy atom. The van der Waals surface area contributed by atoms with E-state index in [4.69, 9.17) is 4.42 Å². The molecule has 0 radical (unpaired) electrons. The molecule has 7 nitrogen and oxygen atoms in total. The molecular formula is C18H21N5O2. The molecule has 0 atom stereocenters.